The molecule has 5 atom stereocenters. The van der Waals surface area contributed by atoms with E-state index in [1.54, 1.807) is 0 Å². The fourth-order valence-corrected chi connectivity index (χ4v) is 5.36. The Bertz CT molecular complexity index is 423. The van der Waals surface area contributed by atoms with Gasteiger partial charge < -0.3 is 15.0 Å². The van der Waals surface area contributed by atoms with Crippen molar-refractivity contribution in [3.63, 3.8) is 0 Å². The zero-order chi connectivity index (χ0) is 16.6. The first-order chi connectivity index (χ1) is 10.9. The fourth-order valence-electron chi connectivity index (χ4n) is 4.56. The third kappa shape index (κ3) is 4.16. The molecular weight excluding hydrogens is 308 g/mol. The molecule has 0 aromatic rings. The summed E-state index contributed by atoms with van der Waals surface area (Å²) < 4.78 is 5.62. The Morgan fingerprint density at radius 3 is 2.22 bits per heavy atom. The number of rotatable bonds is 3. The van der Waals surface area contributed by atoms with Crippen LogP contribution in [-0.4, -0.2) is 52.3 Å². The van der Waals surface area contributed by atoms with Crippen molar-refractivity contribution in [2.75, 3.05) is 6.26 Å². The number of nitrogens with one attached hydrogen (secondary N) is 1. The molecule has 4 nitrogen and oxygen atoms in total. The lowest BCUT2D eigenvalue weighted by atomic mass is 9.96. The third-order valence-corrected chi connectivity index (χ3v) is 6.62. The number of fused-ring (bicyclic) bond motifs is 2. The Morgan fingerprint density at radius 1 is 1.04 bits per heavy atom. The number of amides is 1. The van der Waals surface area contributed by atoms with Crippen LogP contribution in [0.25, 0.3) is 0 Å². The van der Waals surface area contributed by atoms with E-state index in [0.29, 0.717) is 24.2 Å². The monoisotopic (exact) mass is 340 g/mol. The van der Waals surface area contributed by atoms with Gasteiger partial charge in [-0.25, -0.2) is 4.79 Å². The minimum atomic E-state index is -0.400. The van der Waals surface area contributed by atoms with Crippen molar-refractivity contribution in [2.45, 2.75) is 101 Å². The minimum Gasteiger partial charge on any atom is -0.444 e. The highest BCUT2D eigenvalue weighted by Crippen LogP contribution is 2.38. The molecule has 0 spiro atoms. The van der Waals surface area contributed by atoms with E-state index in [2.05, 4.69) is 11.6 Å². The number of nitrogens with zero attached hydrogens (tertiary/aromatic N) is 1. The first-order valence-corrected chi connectivity index (χ1v) is 10.4. The Labute approximate surface area is 145 Å². The van der Waals surface area contributed by atoms with Gasteiger partial charge in [0.05, 0.1) is 0 Å². The molecule has 1 aliphatic carbocycles. The molecule has 2 saturated heterocycles. The second kappa shape index (κ2) is 6.83. The predicted molar refractivity (Wildman–Crippen MR) is 96.0 cm³/mol. The summed E-state index contributed by atoms with van der Waals surface area (Å²) >= 11 is 2.01. The molecule has 1 saturated carbocycles. The van der Waals surface area contributed by atoms with E-state index in [-0.39, 0.29) is 6.09 Å². The van der Waals surface area contributed by atoms with Gasteiger partial charge in [0.1, 0.15) is 5.60 Å². The molecule has 132 valence electrons. The molecule has 3 aliphatic rings. The molecule has 1 N–H and O–H groups in total. The summed E-state index contributed by atoms with van der Waals surface area (Å²) in [6.45, 7) is 5.84. The number of carbonyl (C=O) groups excluding carboxylic acids is 1. The van der Waals surface area contributed by atoms with Gasteiger partial charge in [0, 0.05) is 29.4 Å². The molecule has 0 aromatic carbocycles. The lowest BCUT2D eigenvalue weighted by molar-refractivity contribution is 0.00432. The largest absolute Gasteiger partial charge is 0.444 e. The van der Waals surface area contributed by atoms with E-state index in [4.69, 9.17) is 4.74 Å². The van der Waals surface area contributed by atoms with Crippen LogP contribution in [0.2, 0.25) is 0 Å². The molecular formula is C18H32N2O2S. The van der Waals surface area contributed by atoms with E-state index in [1.165, 1.54) is 19.3 Å². The smallest absolute Gasteiger partial charge is 0.410 e. The number of hydrogen-bond donors (Lipinski definition) is 1. The van der Waals surface area contributed by atoms with Crippen molar-refractivity contribution in [1.82, 2.24) is 10.2 Å². The van der Waals surface area contributed by atoms with Crippen LogP contribution in [0.1, 0.15) is 65.7 Å². The van der Waals surface area contributed by atoms with Crippen LogP contribution < -0.4 is 5.32 Å². The topological polar surface area (TPSA) is 41.6 Å². The molecule has 0 aromatic heterocycles. The molecule has 1 unspecified atom stereocenters. The fraction of sp³-hybridized carbons (Fsp3) is 0.944. The maximum atomic E-state index is 12.5. The molecule has 2 aliphatic heterocycles. The van der Waals surface area contributed by atoms with Crippen molar-refractivity contribution in [3.05, 3.63) is 0 Å². The average molecular weight is 341 g/mol. The number of ether oxygens (including phenoxy) is 1. The van der Waals surface area contributed by atoms with Gasteiger partial charge in [-0.3, -0.25) is 0 Å². The van der Waals surface area contributed by atoms with Crippen LogP contribution in [0.5, 0.6) is 0 Å². The number of carbonyl (C=O) groups is 1. The highest BCUT2D eigenvalue weighted by atomic mass is 32.2. The van der Waals surface area contributed by atoms with Gasteiger partial charge >= 0.3 is 6.09 Å². The molecule has 2 heterocycles. The van der Waals surface area contributed by atoms with E-state index in [0.717, 1.165) is 30.9 Å². The van der Waals surface area contributed by atoms with E-state index in [9.17, 15) is 4.79 Å². The Hall–Kier alpha value is -0.420. The number of thioether (sulfide) groups is 1. The minimum absolute atomic E-state index is 0.105. The van der Waals surface area contributed by atoms with Crippen LogP contribution in [0, 0.1) is 0 Å². The van der Waals surface area contributed by atoms with E-state index in [1.807, 2.05) is 37.4 Å². The quantitative estimate of drug-likeness (QED) is 0.849. The molecule has 23 heavy (non-hydrogen) atoms. The Kier molecular flexibility index (Phi) is 5.17. The zero-order valence-electron chi connectivity index (χ0n) is 15.0. The van der Waals surface area contributed by atoms with Crippen LogP contribution in [-0.2, 0) is 4.74 Å². The summed E-state index contributed by atoms with van der Waals surface area (Å²) in [6, 6.07) is 2.01. The number of hydrogen-bond acceptors (Lipinski definition) is 4. The lowest BCUT2D eigenvalue weighted by Gasteiger charge is -2.40. The SMILES string of the molecule is CS[C@@H]1CC[C@@H](NC2C[C@H]3CC[C@@H](C2)N3C(=O)OC(C)(C)C)C1. The van der Waals surface area contributed by atoms with Crippen molar-refractivity contribution in [2.24, 2.45) is 0 Å². The second-order valence-electron chi connectivity index (χ2n) is 8.48. The third-order valence-electron chi connectivity index (χ3n) is 5.53. The normalized spacial score (nSPS) is 37.2. The lowest BCUT2D eigenvalue weighted by Crippen LogP contribution is -2.53. The first kappa shape index (κ1) is 17.4. The molecule has 3 fully saturated rings. The van der Waals surface area contributed by atoms with Crippen LogP contribution in [0.3, 0.4) is 0 Å². The molecule has 5 heteroatoms. The number of piperidine rings is 1. The maximum Gasteiger partial charge on any atom is 0.410 e. The standard InChI is InChI=1S/C18H32N2O2S/c1-18(2,3)22-17(21)20-14-6-7-15(20)10-13(9-14)19-12-5-8-16(11-12)23-4/h12-16,19H,5-11H2,1-4H3/t12-,13?,14-,15+,16-/m1/s1. The summed E-state index contributed by atoms with van der Waals surface area (Å²) in [6.07, 6.45) is 10.6. The predicted octanol–water partition coefficient (Wildman–Crippen LogP) is 3.79. The highest BCUT2D eigenvalue weighted by Gasteiger charge is 2.45. The van der Waals surface area contributed by atoms with E-state index < -0.39 is 5.60 Å². The molecule has 2 bridgehead atoms. The van der Waals surface area contributed by atoms with Crippen LogP contribution >= 0.6 is 11.8 Å². The first-order valence-electron chi connectivity index (χ1n) is 9.16. The van der Waals surface area contributed by atoms with Crippen molar-refractivity contribution in [3.8, 4) is 0 Å². The summed E-state index contributed by atoms with van der Waals surface area (Å²) in [7, 11) is 0. The van der Waals surface area contributed by atoms with Gasteiger partial charge in [-0.05, 0) is 72.0 Å². The highest BCUT2D eigenvalue weighted by molar-refractivity contribution is 7.99. The summed E-state index contributed by atoms with van der Waals surface area (Å²) in [5, 5.41) is 4.74. The molecule has 3 rings (SSSR count). The van der Waals surface area contributed by atoms with Gasteiger partial charge in [-0.15, -0.1) is 0 Å². The zero-order valence-corrected chi connectivity index (χ0v) is 15.8. The van der Waals surface area contributed by atoms with Crippen LogP contribution in [0.4, 0.5) is 4.79 Å². The van der Waals surface area contributed by atoms with Gasteiger partial charge in [0.2, 0.25) is 0 Å². The Morgan fingerprint density at radius 2 is 1.70 bits per heavy atom. The van der Waals surface area contributed by atoms with Gasteiger partial charge in [0.25, 0.3) is 0 Å². The summed E-state index contributed by atoms with van der Waals surface area (Å²) in [5.74, 6) is 0. The summed E-state index contributed by atoms with van der Waals surface area (Å²) in [5.41, 5.74) is -0.400. The molecule has 1 amide bonds. The van der Waals surface area contributed by atoms with Crippen molar-refractivity contribution < 1.29 is 9.53 Å². The van der Waals surface area contributed by atoms with E-state index >= 15 is 0 Å². The van der Waals surface area contributed by atoms with Gasteiger partial charge in [-0.2, -0.15) is 11.8 Å². The average Bonchev–Trinajstić information content (AvgIpc) is 3.00. The van der Waals surface area contributed by atoms with Crippen LogP contribution in [0.15, 0.2) is 0 Å². The van der Waals surface area contributed by atoms with Gasteiger partial charge in [-0.1, -0.05) is 0 Å². The van der Waals surface area contributed by atoms with Crippen molar-refractivity contribution in [1.29, 1.82) is 0 Å². The second-order valence-corrected chi connectivity index (χ2v) is 9.61. The van der Waals surface area contributed by atoms with Gasteiger partial charge in [0.15, 0.2) is 0 Å². The van der Waals surface area contributed by atoms with Crippen molar-refractivity contribution >= 4 is 17.9 Å². The molecule has 0 radical (unpaired) electrons. The Balaban J connectivity index is 1.54. The summed E-state index contributed by atoms with van der Waals surface area (Å²) in [4.78, 5) is 14.5. The maximum absolute atomic E-state index is 12.5.